The maximum absolute atomic E-state index is 13.0. The number of nitrogens with zero attached hydrogens (tertiary/aromatic N) is 3. The monoisotopic (exact) mass is 435 g/mol. The summed E-state index contributed by atoms with van der Waals surface area (Å²) in [6.07, 6.45) is -2.38. The molecule has 4 rings (SSSR count). The molecule has 0 spiro atoms. The number of piperazine rings is 1. The Morgan fingerprint density at radius 2 is 1.81 bits per heavy atom. The number of benzene rings is 1. The number of halogens is 3. The van der Waals surface area contributed by atoms with Crippen LogP contribution < -0.4 is 4.90 Å². The fraction of sp³-hybridized carbons (Fsp3) is 0.522. The van der Waals surface area contributed by atoms with Gasteiger partial charge in [0.1, 0.15) is 5.76 Å². The first kappa shape index (κ1) is 21.7. The zero-order valence-electron chi connectivity index (χ0n) is 17.9. The van der Waals surface area contributed by atoms with E-state index in [2.05, 4.69) is 4.90 Å². The van der Waals surface area contributed by atoms with Crippen molar-refractivity contribution in [1.29, 1.82) is 0 Å². The fourth-order valence-corrected chi connectivity index (χ4v) is 4.66. The highest BCUT2D eigenvalue weighted by molar-refractivity contribution is 5.93. The smallest absolute Gasteiger partial charge is 0.416 e. The second-order valence-corrected chi connectivity index (χ2v) is 8.49. The molecule has 1 aromatic heterocycles. The average molecular weight is 435 g/mol. The molecule has 2 aromatic rings. The van der Waals surface area contributed by atoms with Crippen molar-refractivity contribution < 1.29 is 22.4 Å². The molecule has 2 fully saturated rings. The Morgan fingerprint density at radius 1 is 1.06 bits per heavy atom. The number of carbonyl (C=O) groups excluding carboxylic acids is 1. The van der Waals surface area contributed by atoms with Crippen molar-refractivity contribution >= 4 is 11.6 Å². The van der Waals surface area contributed by atoms with Crippen LogP contribution in [0.25, 0.3) is 0 Å². The molecule has 1 aromatic carbocycles. The van der Waals surface area contributed by atoms with E-state index in [0.29, 0.717) is 31.1 Å². The van der Waals surface area contributed by atoms with Gasteiger partial charge in [-0.15, -0.1) is 0 Å². The minimum absolute atomic E-state index is 0.0575. The zero-order valence-corrected chi connectivity index (χ0v) is 17.9. The number of anilines is 1. The van der Waals surface area contributed by atoms with Crippen LogP contribution in [0.2, 0.25) is 0 Å². The van der Waals surface area contributed by atoms with Gasteiger partial charge in [0.2, 0.25) is 0 Å². The van der Waals surface area contributed by atoms with Gasteiger partial charge >= 0.3 is 6.18 Å². The molecule has 2 saturated heterocycles. The summed E-state index contributed by atoms with van der Waals surface area (Å²) in [7, 11) is 0. The van der Waals surface area contributed by atoms with Crippen LogP contribution in [0, 0.1) is 13.8 Å². The highest BCUT2D eigenvalue weighted by atomic mass is 19.4. The number of aryl methyl sites for hydroxylation is 2. The second-order valence-electron chi connectivity index (χ2n) is 8.49. The van der Waals surface area contributed by atoms with Crippen LogP contribution in [-0.4, -0.2) is 61.0 Å². The lowest BCUT2D eigenvalue weighted by molar-refractivity contribution is -0.137. The number of piperidine rings is 1. The Labute approximate surface area is 180 Å². The molecular weight excluding hydrogens is 407 g/mol. The predicted molar refractivity (Wildman–Crippen MR) is 112 cm³/mol. The van der Waals surface area contributed by atoms with E-state index in [1.165, 1.54) is 12.1 Å². The molecular formula is C23H28F3N3O2. The molecule has 2 aliphatic rings. The van der Waals surface area contributed by atoms with Crippen LogP contribution in [-0.2, 0) is 6.18 Å². The van der Waals surface area contributed by atoms with Gasteiger partial charge in [-0.1, -0.05) is 6.07 Å². The summed E-state index contributed by atoms with van der Waals surface area (Å²) >= 11 is 0. The van der Waals surface area contributed by atoms with Gasteiger partial charge in [-0.3, -0.25) is 9.69 Å². The van der Waals surface area contributed by atoms with E-state index >= 15 is 0 Å². The van der Waals surface area contributed by atoms with Crippen molar-refractivity contribution in [2.24, 2.45) is 0 Å². The number of carbonyl (C=O) groups is 1. The number of hydrogen-bond donors (Lipinski definition) is 0. The Morgan fingerprint density at radius 3 is 2.45 bits per heavy atom. The summed E-state index contributed by atoms with van der Waals surface area (Å²) in [5.41, 5.74) is 0.857. The van der Waals surface area contributed by atoms with Crippen LogP contribution in [0.15, 0.2) is 34.7 Å². The van der Waals surface area contributed by atoms with Crippen molar-refractivity contribution in [2.75, 3.05) is 44.2 Å². The quantitative estimate of drug-likeness (QED) is 0.719. The van der Waals surface area contributed by atoms with Crippen molar-refractivity contribution in [2.45, 2.75) is 38.9 Å². The molecule has 3 heterocycles. The van der Waals surface area contributed by atoms with Gasteiger partial charge in [0.15, 0.2) is 5.76 Å². The molecule has 1 atom stereocenters. The van der Waals surface area contributed by atoms with Crippen molar-refractivity contribution in [3.63, 3.8) is 0 Å². The first-order chi connectivity index (χ1) is 14.7. The molecule has 168 valence electrons. The maximum Gasteiger partial charge on any atom is 0.416 e. The topological polar surface area (TPSA) is 39.9 Å². The third kappa shape index (κ3) is 4.74. The van der Waals surface area contributed by atoms with Crippen LogP contribution in [0.3, 0.4) is 0 Å². The summed E-state index contributed by atoms with van der Waals surface area (Å²) in [6.45, 7) is 7.97. The summed E-state index contributed by atoms with van der Waals surface area (Å²) in [5, 5.41) is 0. The van der Waals surface area contributed by atoms with Gasteiger partial charge < -0.3 is 14.2 Å². The summed E-state index contributed by atoms with van der Waals surface area (Å²) in [5.74, 6) is 1.10. The highest BCUT2D eigenvalue weighted by Gasteiger charge is 2.33. The highest BCUT2D eigenvalue weighted by Crippen LogP contribution is 2.32. The molecule has 0 unspecified atom stereocenters. The minimum Gasteiger partial charge on any atom is -0.456 e. The minimum atomic E-state index is -4.33. The zero-order chi connectivity index (χ0) is 22.2. The lowest BCUT2D eigenvalue weighted by Crippen LogP contribution is -2.55. The normalized spacial score (nSPS) is 20.9. The Balaban J connectivity index is 1.37. The maximum atomic E-state index is 13.0. The number of rotatable bonds is 3. The predicted octanol–water partition coefficient (Wildman–Crippen LogP) is 4.34. The molecule has 8 heteroatoms. The SMILES string of the molecule is Cc1cc(C)c(C(=O)N2CCC[C@H](N3CCN(c4cccc(C(F)(F)F)c4)CC3)C2)o1. The first-order valence-electron chi connectivity index (χ1n) is 10.7. The molecule has 0 bridgehead atoms. The number of furan rings is 1. The van der Waals surface area contributed by atoms with Crippen LogP contribution in [0.1, 0.15) is 40.3 Å². The molecule has 0 radical (unpaired) electrons. The Hall–Kier alpha value is -2.48. The number of hydrogen-bond acceptors (Lipinski definition) is 4. The molecule has 31 heavy (non-hydrogen) atoms. The van der Waals surface area contributed by atoms with E-state index in [1.54, 1.807) is 6.07 Å². The molecule has 5 nitrogen and oxygen atoms in total. The lowest BCUT2D eigenvalue weighted by Gasteiger charge is -2.43. The van der Waals surface area contributed by atoms with E-state index in [4.69, 9.17) is 4.42 Å². The van der Waals surface area contributed by atoms with E-state index in [-0.39, 0.29) is 11.9 Å². The fourth-order valence-electron chi connectivity index (χ4n) is 4.66. The van der Waals surface area contributed by atoms with Crippen molar-refractivity contribution in [3.05, 3.63) is 53.0 Å². The van der Waals surface area contributed by atoms with Gasteiger partial charge in [-0.25, -0.2) is 0 Å². The molecule has 1 amide bonds. The van der Waals surface area contributed by atoms with Crippen molar-refractivity contribution in [3.8, 4) is 0 Å². The van der Waals surface area contributed by atoms with E-state index < -0.39 is 11.7 Å². The largest absolute Gasteiger partial charge is 0.456 e. The van der Waals surface area contributed by atoms with Crippen molar-refractivity contribution in [1.82, 2.24) is 9.80 Å². The number of alkyl halides is 3. The summed E-state index contributed by atoms with van der Waals surface area (Å²) in [6, 6.07) is 7.67. The molecule has 0 N–H and O–H groups in total. The van der Waals surface area contributed by atoms with Crippen LogP contribution in [0.4, 0.5) is 18.9 Å². The standard InChI is InChI=1S/C23H28F3N3O2/c1-16-13-17(2)31-21(16)22(30)29-8-4-7-20(15-29)28-11-9-27(10-12-28)19-6-3-5-18(14-19)23(24,25)26/h3,5-6,13-14,20H,4,7-12,15H2,1-2H3/t20-/m0/s1. The van der Waals surface area contributed by atoms with Gasteiger partial charge in [0.25, 0.3) is 5.91 Å². The second kappa shape index (κ2) is 8.57. The third-order valence-corrected chi connectivity index (χ3v) is 6.29. The Kier molecular flexibility index (Phi) is 6.01. The van der Waals surface area contributed by atoms with Gasteiger partial charge in [0, 0.05) is 56.6 Å². The molecule has 0 aliphatic carbocycles. The van der Waals surface area contributed by atoms with Gasteiger partial charge in [-0.2, -0.15) is 13.2 Å². The van der Waals surface area contributed by atoms with E-state index in [9.17, 15) is 18.0 Å². The first-order valence-corrected chi connectivity index (χ1v) is 10.7. The van der Waals surface area contributed by atoms with E-state index in [0.717, 1.165) is 49.9 Å². The molecule has 2 aliphatic heterocycles. The molecule has 0 saturated carbocycles. The summed E-state index contributed by atoms with van der Waals surface area (Å²) in [4.78, 5) is 19.2. The van der Waals surface area contributed by atoms with Crippen LogP contribution >= 0.6 is 0 Å². The van der Waals surface area contributed by atoms with Gasteiger partial charge in [0.05, 0.1) is 5.56 Å². The Bertz CT molecular complexity index is 932. The lowest BCUT2D eigenvalue weighted by atomic mass is 10.0. The van der Waals surface area contributed by atoms with Crippen LogP contribution in [0.5, 0.6) is 0 Å². The van der Waals surface area contributed by atoms with E-state index in [1.807, 2.05) is 29.7 Å². The summed E-state index contributed by atoms with van der Waals surface area (Å²) < 4.78 is 44.7. The average Bonchev–Trinajstić information content (AvgIpc) is 3.11. The number of amides is 1. The third-order valence-electron chi connectivity index (χ3n) is 6.29. The van der Waals surface area contributed by atoms with Gasteiger partial charge in [-0.05, 0) is 51.0 Å². The number of likely N-dealkylation sites (tertiary alicyclic amines) is 1.